The summed E-state index contributed by atoms with van der Waals surface area (Å²) in [6.45, 7) is 2.89. The summed E-state index contributed by atoms with van der Waals surface area (Å²) in [5.74, 6) is 1.11. The number of rotatable bonds is 9. The fourth-order valence-corrected chi connectivity index (χ4v) is 6.24. The average Bonchev–Trinajstić information content (AvgIpc) is 3.31. The first kappa shape index (κ1) is 20.5. The Kier molecular flexibility index (Phi) is 6.12. The van der Waals surface area contributed by atoms with E-state index >= 15 is 0 Å². The summed E-state index contributed by atoms with van der Waals surface area (Å²) >= 11 is 1.82. The van der Waals surface area contributed by atoms with Crippen molar-refractivity contribution in [3.05, 3.63) is 46.4 Å². The molecule has 5 rings (SSSR count). The van der Waals surface area contributed by atoms with E-state index < -0.39 is 0 Å². The SMILES string of the molecule is c1ccc([C@]2(CCNCCc3sccc3OC3CC3)CCOC3(CCCC3)C2)nc1. The van der Waals surface area contributed by atoms with E-state index in [4.69, 9.17) is 14.5 Å². The van der Waals surface area contributed by atoms with Crippen LogP contribution in [0.15, 0.2) is 35.8 Å². The number of ether oxygens (including phenoxy) is 2. The number of hydrogen-bond donors (Lipinski definition) is 1. The van der Waals surface area contributed by atoms with Crippen molar-refractivity contribution < 1.29 is 9.47 Å². The van der Waals surface area contributed by atoms with E-state index in [2.05, 4.69) is 28.9 Å². The normalized spacial score (nSPS) is 25.6. The predicted molar refractivity (Wildman–Crippen MR) is 121 cm³/mol. The Balaban J connectivity index is 1.19. The number of nitrogens with one attached hydrogen (secondary N) is 1. The van der Waals surface area contributed by atoms with Crippen LogP contribution >= 0.6 is 11.3 Å². The molecular formula is C25H34N2O2S. The zero-order chi connectivity index (χ0) is 20.3. The van der Waals surface area contributed by atoms with Crippen molar-refractivity contribution in [3.63, 3.8) is 0 Å². The second-order valence-corrected chi connectivity index (χ2v) is 10.4. The summed E-state index contributed by atoms with van der Waals surface area (Å²) < 4.78 is 12.4. The van der Waals surface area contributed by atoms with Crippen molar-refractivity contribution in [3.8, 4) is 5.75 Å². The van der Waals surface area contributed by atoms with Gasteiger partial charge in [-0.3, -0.25) is 4.98 Å². The van der Waals surface area contributed by atoms with E-state index in [1.54, 1.807) is 0 Å². The highest BCUT2D eigenvalue weighted by atomic mass is 32.1. The van der Waals surface area contributed by atoms with Crippen molar-refractivity contribution >= 4 is 11.3 Å². The lowest BCUT2D eigenvalue weighted by molar-refractivity contribution is -0.104. The molecule has 3 fully saturated rings. The fraction of sp³-hybridized carbons (Fsp3) is 0.640. The molecule has 0 amide bonds. The van der Waals surface area contributed by atoms with Gasteiger partial charge in [-0.25, -0.2) is 0 Å². The van der Waals surface area contributed by atoms with Gasteiger partial charge in [0.25, 0.3) is 0 Å². The molecule has 3 aliphatic rings. The third-order valence-corrected chi connectivity index (χ3v) is 8.17. The summed E-state index contributed by atoms with van der Waals surface area (Å²) in [6.07, 6.45) is 14.3. The van der Waals surface area contributed by atoms with Crippen LogP contribution in [-0.2, 0) is 16.6 Å². The molecule has 4 nitrogen and oxygen atoms in total. The molecule has 5 heteroatoms. The smallest absolute Gasteiger partial charge is 0.133 e. The van der Waals surface area contributed by atoms with Crippen molar-refractivity contribution in [2.45, 2.75) is 81.3 Å². The highest BCUT2D eigenvalue weighted by Gasteiger charge is 2.48. The molecule has 2 aromatic heterocycles. The number of hydrogen-bond acceptors (Lipinski definition) is 5. The second kappa shape index (κ2) is 8.97. The molecule has 3 heterocycles. The lowest BCUT2D eigenvalue weighted by Crippen LogP contribution is -2.47. The Morgan fingerprint density at radius 1 is 1.13 bits per heavy atom. The molecular weight excluding hydrogens is 392 g/mol. The summed E-state index contributed by atoms with van der Waals surface area (Å²) in [4.78, 5) is 6.19. The minimum atomic E-state index is 0.0990. The van der Waals surface area contributed by atoms with E-state index in [-0.39, 0.29) is 11.0 Å². The highest BCUT2D eigenvalue weighted by Crippen LogP contribution is 2.49. The summed E-state index contributed by atoms with van der Waals surface area (Å²) in [5, 5.41) is 5.88. The summed E-state index contributed by atoms with van der Waals surface area (Å²) in [6, 6.07) is 8.55. The van der Waals surface area contributed by atoms with Gasteiger partial charge in [-0.2, -0.15) is 0 Å². The van der Waals surface area contributed by atoms with Crippen LogP contribution in [0.5, 0.6) is 5.75 Å². The van der Waals surface area contributed by atoms with Crippen LogP contribution in [0, 0.1) is 0 Å². The van der Waals surface area contributed by atoms with Gasteiger partial charge in [0.2, 0.25) is 0 Å². The number of aromatic nitrogens is 1. The number of pyridine rings is 1. The van der Waals surface area contributed by atoms with Gasteiger partial charge in [0.1, 0.15) is 5.75 Å². The number of nitrogens with zero attached hydrogens (tertiary/aromatic N) is 1. The minimum absolute atomic E-state index is 0.0990. The van der Waals surface area contributed by atoms with Crippen molar-refractivity contribution in [1.82, 2.24) is 10.3 Å². The van der Waals surface area contributed by atoms with Gasteiger partial charge in [0.05, 0.1) is 11.7 Å². The van der Waals surface area contributed by atoms with Crippen molar-refractivity contribution in [2.24, 2.45) is 0 Å². The maximum Gasteiger partial charge on any atom is 0.133 e. The Bertz CT molecular complexity index is 814. The molecule has 30 heavy (non-hydrogen) atoms. The lowest BCUT2D eigenvalue weighted by Gasteiger charge is -2.46. The van der Waals surface area contributed by atoms with Crippen LogP contribution in [0.1, 0.15) is 68.4 Å². The van der Waals surface area contributed by atoms with E-state index in [0.29, 0.717) is 6.10 Å². The van der Waals surface area contributed by atoms with Crippen molar-refractivity contribution in [2.75, 3.05) is 19.7 Å². The van der Waals surface area contributed by atoms with Crippen LogP contribution in [0.2, 0.25) is 0 Å². The molecule has 2 aromatic rings. The molecule has 0 bridgehead atoms. The molecule has 1 spiro atoms. The second-order valence-electron chi connectivity index (χ2n) is 9.44. The van der Waals surface area contributed by atoms with Crippen LogP contribution < -0.4 is 10.1 Å². The van der Waals surface area contributed by atoms with Crippen LogP contribution in [-0.4, -0.2) is 36.4 Å². The molecule has 162 valence electrons. The molecule has 0 aromatic carbocycles. The molecule has 2 aliphatic carbocycles. The molecule has 2 saturated carbocycles. The largest absolute Gasteiger partial charge is 0.489 e. The Labute approximate surface area is 184 Å². The first-order valence-corrected chi connectivity index (χ1v) is 12.6. The van der Waals surface area contributed by atoms with Gasteiger partial charge >= 0.3 is 0 Å². The Morgan fingerprint density at radius 2 is 2.03 bits per heavy atom. The topological polar surface area (TPSA) is 43.4 Å². The van der Waals surface area contributed by atoms with Gasteiger partial charge in [-0.05, 0) is 81.5 Å². The molecule has 1 aliphatic heterocycles. The average molecular weight is 427 g/mol. The van der Waals surface area contributed by atoms with Crippen molar-refractivity contribution in [1.29, 1.82) is 0 Å². The summed E-state index contributed by atoms with van der Waals surface area (Å²) in [7, 11) is 0. The quantitative estimate of drug-likeness (QED) is 0.555. The first-order valence-electron chi connectivity index (χ1n) is 11.8. The molecule has 1 saturated heterocycles. The Morgan fingerprint density at radius 3 is 2.83 bits per heavy atom. The summed E-state index contributed by atoms with van der Waals surface area (Å²) in [5.41, 5.74) is 1.50. The fourth-order valence-electron chi connectivity index (χ4n) is 5.43. The minimum Gasteiger partial charge on any atom is -0.489 e. The van der Waals surface area contributed by atoms with Gasteiger partial charge in [-0.1, -0.05) is 18.9 Å². The van der Waals surface area contributed by atoms with Gasteiger partial charge in [-0.15, -0.1) is 11.3 Å². The Hall–Kier alpha value is -1.43. The van der Waals surface area contributed by atoms with Crippen LogP contribution in [0.4, 0.5) is 0 Å². The standard InChI is InChI=1S/C25H34N2O2S/c1-4-14-27-23(5-1)24(13-17-28-25(19-24)10-2-3-11-25)12-16-26-15-8-22-21(9-18-30-22)29-20-6-7-20/h1,4-5,9,14,18,20,26H,2-3,6-8,10-13,15-17,19H2/t24-/m1/s1. The number of thiophene rings is 1. The zero-order valence-corrected chi connectivity index (χ0v) is 18.7. The third kappa shape index (κ3) is 4.58. The molecule has 0 unspecified atom stereocenters. The van der Waals surface area contributed by atoms with E-state index in [9.17, 15) is 0 Å². The van der Waals surface area contributed by atoms with Gasteiger partial charge < -0.3 is 14.8 Å². The van der Waals surface area contributed by atoms with E-state index in [1.807, 2.05) is 23.6 Å². The van der Waals surface area contributed by atoms with Crippen LogP contribution in [0.3, 0.4) is 0 Å². The maximum atomic E-state index is 6.37. The van der Waals surface area contributed by atoms with E-state index in [1.165, 1.54) is 49.1 Å². The van der Waals surface area contributed by atoms with Gasteiger partial charge in [0.15, 0.2) is 0 Å². The van der Waals surface area contributed by atoms with Gasteiger partial charge in [0, 0.05) is 35.3 Å². The molecule has 0 radical (unpaired) electrons. The van der Waals surface area contributed by atoms with Crippen LogP contribution in [0.25, 0.3) is 0 Å². The third-order valence-electron chi connectivity index (χ3n) is 7.20. The predicted octanol–water partition coefficient (Wildman–Crippen LogP) is 5.27. The van der Waals surface area contributed by atoms with E-state index in [0.717, 1.165) is 51.1 Å². The zero-order valence-electron chi connectivity index (χ0n) is 17.9. The first-order chi connectivity index (χ1) is 14.8. The lowest BCUT2D eigenvalue weighted by atomic mass is 9.68. The molecule has 1 N–H and O–H groups in total. The maximum absolute atomic E-state index is 6.37. The monoisotopic (exact) mass is 426 g/mol. The molecule has 1 atom stereocenters. The highest BCUT2D eigenvalue weighted by molar-refractivity contribution is 7.10.